The molecule has 7 nitrogen and oxygen atoms in total. The number of hydrogen-bond donors (Lipinski definition) is 1. The second-order valence-electron chi connectivity index (χ2n) is 10.5. The van der Waals surface area contributed by atoms with Gasteiger partial charge in [-0.1, -0.05) is 42.5 Å². The Hall–Kier alpha value is -2.45. The van der Waals surface area contributed by atoms with Crippen LogP contribution < -0.4 is 4.72 Å². The number of hydrogen-bond acceptors (Lipinski definition) is 5. The van der Waals surface area contributed by atoms with Crippen LogP contribution in [-0.2, 0) is 14.8 Å². The van der Waals surface area contributed by atoms with Gasteiger partial charge in [-0.05, 0) is 63.9 Å². The Morgan fingerprint density at radius 1 is 1.20 bits per heavy atom. The Kier molecular flexibility index (Phi) is 6.86. The summed E-state index contributed by atoms with van der Waals surface area (Å²) in [6.07, 6.45) is 23.4. The fourth-order valence-corrected chi connectivity index (χ4v) is 7.40. The van der Waals surface area contributed by atoms with Crippen molar-refractivity contribution < 1.29 is 17.6 Å². The molecule has 2 fully saturated rings. The van der Waals surface area contributed by atoms with E-state index < -0.39 is 14.8 Å². The lowest BCUT2D eigenvalue weighted by Gasteiger charge is -2.36. The molecular formula is C27H35N3O4S. The van der Waals surface area contributed by atoms with E-state index in [0.29, 0.717) is 36.9 Å². The minimum Gasteiger partial charge on any atom is -0.451 e. The van der Waals surface area contributed by atoms with E-state index >= 15 is 0 Å². The third kappa shape index (κ3) is 4.96. The summed E-state index contributed by atoms with van der Waals surface area (Å²) in [4.78, 5) is 19.6. The Balaban J connectivity index is 1.15. The van der Waals surface area contributed by atoms with Crippen molar-refractivity contribution in [3.63, 3.8) is 0 Å². The Morgan fingerprint density at radius 2 is 2.03 bits per heavy atom. The first-order valence-electron chi connectivity index (χ1n) is 12.8. The molecule has 3 unspecified atom stereocenters. The molecule has 1 amide bonds. The molecule has 3 atom stereocenters. The quantitative estimate of drug-likeness (QED) is 0.630. The average molecular weight is 498 g/mol. The number of likely N-dealkylation sites (tertiary alicyclic amines) is 1. The summed E-state index contributed by atoms with van der Waals surface area (Å²) < 4.78 is 33.6. The Morgan fingerprint density at radius 3 is 2.69 bits per heavy atom. The maximum Gasteiger partial charge on any atom is 0.225 e. The van der Waals surface area contributed by atoms with Gasteiger partial charge in [0.1, 0.15) is 16.7 Å². The number of amides is 1. The number of nitrogens with zero attached hydrogens (tertiary/aromatic N) is 2. The maximum absolute atomic E-state index is 13.4. The van der Waals surface area contributed by atoms with Crippen LogP contribution in [0.1, 0.15) is 64.0 Å². The van der Waals surface area contributed by atoms with E-state index in [1.165, 1.54) is 6.39 Å². The van der Waals surface area contributed by atoms with Crippen LogP contribution in [0.4, 0.5) is 0 Å². The predicted molar refractivity (Wildman–Crippen MR) is 136 cm³/mol. The molecule has 1 N–H and O–H groups in total. The molecule has 1 saturated heterocycles. The highest BCUT2D eigenvalue weighted by Crippen LogP contribution is 2.35. The van der Waals surface area contributed by atoms with Gasteiger partial charge in [-0.25, -0.2) is 18.1 Å². The second kappa shape index (κ2) is 9.90. The van der Waals surface area contributed by atoms with Crippen molar-refractivity contribution in [3.8, 4) is 0 Å². The van der Waals surface area contributed by atoms with Crippen molar-refractivity contribution in [2.45, 2.75) is 75.1 Å². The van der Waals surface area contributed by atoms with Crippen LogP contribution in [0.2, 0.25) is 0 Å². The number of carbonyl (C=O) groups is 1. The van der Waals surface area contributed by atoms with E-state index in [0.717, 1.165) is 44.2 Å². The highest BCUT2D eigenvalue weighted by Gasteiger charge is 2.41. The van der Waals surface area contributed by atoms with Gasteiger partial charge in [0.2, 0.25) is 15.9 Å². The predicted octanol–water partition coefficient (Wildman–Crippen LogP) is 4.38. The fourth-order valence-electron chi connectivity index (χ4n) is 5.90. The number of aromatic nitrogens is 1. The van der Waals surface area contributed by atoms with Crippen LogP contribution in [0, 0.1) is 11.8 Å². The summed E-state index contributed by atoms with van der Waals surface area (Å²) in [5.41, 5.74) is 1.57. The molecule has 3 aliphatic carbocycles. The van der Waals surface area contributed by atoms with Gasteiger partial charge in [-0.2, -0.15) is 0 Å². The molecule has 188 valence electrons. The van der Waals surface area contributed by atoms with Crippen molar-refractivity contribution in [2.75, 3.05) is 6.54 Å². The first-order chi connectivity index (χ1) is 16.9. The lowest BCUT2D eigenvalue weighted by molar-refractivity contribution is -0.138. The summed E-state index contributed by atoms with van der Waals surface area (Å²) in [5.74, 6) is 0.680. The summed E-state index contributed by atoms with van der Waals surface area (Å²) >= 11 is 0. The Labute approximate surface area is 208 Å². The largest absolute Gasteiger partial charge is 0.451 e. The molecular weight excluding hydrogens is 462 g/mol. The normalized spacial score (nSPS) is 33.2. The van der Waals surface area contributed by atoms with Crippen molar-refractivity contribution in [1.82, 2.24) is 14.6 Å². The molecule has 35 heavy (non-hydrogen) atoms. The summed E-state index contributed by atoms with van der Waals surface area (Å²) in [6, 6.07) is 0.171. The van der Waals surface area contributed by atoms with Gasteiger partial charge in [0.15, 0.2) is 6.39 Å². The number of rotatable bonds is 6. The molecule has 4 aliphatic rings. The molecule has 1 aromatic rings. The zero-order valence-corrected chi connectivity index (χ0v) is 21.1. The fraction of sp³-hybridized carbons (Fsp3) is 0.556. The minimum absolute atomic E-state index is 0.00224. The van der Waals surface area contributed by atoms with E-state index in [1.807, 2.05) is 6.08 Å². The van der Waals surface area contributed by atoms with E-state index in [2.05, 4.69) is 38.9 Å². The summed E-state index contributed by atoms with van der Waals surface area (Å²) in [6.45, 7) is 2.60. The van der Waals surface area contributed by atoms with Crippen molar-refractivity contribution in [1.29, 1.82) is 0 Å². The van der Waals surface area contributed by atoms with Gasteiger partial charge in [-0.3, -0.25) is 4.79 Å². The zero-order valence-electron chi connectivity index (χ0n) is 20.3. The standard InChI is InChI=1S/C27H35N3O4S/c1-27(15-13-20(14-16-27)24-18-34-19-28-24)35(32,33)29-23-11-9-22(10-12-23)26(31)30-17-5-8-25(30)21-6-3-2-4-7-21/h2-4,6,13-15,18-19,21-23,25,29H,5,7-12,16-17H2,1H3. The van der Waals surface area contributed by atoms with Crippen LogP contribution in [0.25, 0.3) is 5.57 Å². The van der Waals surface area contributed by atoms with E-state index in [9.17, 15) is 13.2 Å². The van der Waals surface area contributed by atoms with Gasteiger partial charge in [0, 0.05) is 30.5 Å². The van der Waals surface area contributed by atoms with Crippen LogP contribution >= 0.6 is 0 Å². The topological polar surface area (TPSA) is 92.5 Å². The molecule has 0 radical (unpaired) electrons. The van der Waals surface area contributed by atoms with E-state index in [4.69, 9.17) is 4.42 Å². The summed E-state index contributed by atoms with van der Waals surface area (Å²) in [5, 5.41) is 0. The monoisotopic (exact) mass is 497 g/mol. The molecule has 2 heterocycles. The molecule has 1 aliphatic heterocycles. The number of allylic oxidation sites excluding steroid dienone is 6. The van der Waals surface area contributed by atoms with Crippen LogP contribution in [0.3, 0.4) is 0 Å². The van der Waals surface area contributed by atoms with Crippen molar-refractivity contribution in [3.05, 3.63) is 60.9 Å². The van der Waals surface area contributed by atoms with Gasteiger partial charge in [0.05, 0.1) is 0 Å². The van der Waals surface area contributed by atoms with Crippen molar-refractivity contribution in [2.24, 2.45) is 11.8 Å². The highest BCUT2D eigenvalue weighted by atomic mass is 32.2. The van der Waals surface area contributed by atoms with Crippen LogP contribution in [-0.4, -0.2) is 47.6 Å². The average Bonchev–Trinajstić information content (AvgIpc) is 3.58. The minimum atomic E-state index is -3.59. The molecule has 1 aromatic heterocycles. The third-order valence-electron chi connectivity index (χ3n) is 8.17. The van der Waals surface area contributed by atoms with Crippen molar-refractivity contribution >= 4 is 21.5 Å². The lowest BCUT2D eigenvalue weighted by atomic mass is 9.84. The van der Waals surface area contributed by atoms with Gasteiger partial charge < -0.3 is 9.32 Å². The van der Waals surface area contributed by atoms with Crippen LogP contribution in [0.15, 0.2) is 59.6 Å². The SMILES string of the molecule is CC1(S(=O)(=O)NC2CCC(C(=O)N3CCCC3C3C=CC=CC3)CC2)C=CC(c2cocn2)=CC1. The Bertz CT molecular complexity index is 1140. The van der Waals surface area contributed by atoms with Crippen LogP contribution in [0.5, 0.6) is 0 Å². The van der Waals surface area contributed by atoms with Gasteiger partial charge in [-0.15, -0.1) is 0 Å². The first kappa shape index (κ1) is 24.3. The molecule has 0 bridgehead atoms. The molecule has 8 heteroatoms. The lowest BCUT2D eigenvalue weighted by Crippen LogP contribution is -2.49. The highest BCUT2D eigenvalue weighted by molar-refractivity contribution is 7.91. The number of oxazole rings is 1. The molecule has 1 saturated carbocycles. The number of sulfonamides is 1. The third-order valence-corrected chi connectivity index (χ3v) is 10.3. The first-order valence-corrected chi connectivity index (χ1v) is 14.3. The summed E-state index contributed by atoms with van der Waals surface area (Å²) in [7, 11) is -3.59. The van der Waals surface area contributed by atoms with Gasteiger partial charge >= 0.3 is 0 Å². The maximum atomic E-state index is 13.4. The number of nitrogens with one attached hydrogen (secondary N) is 1. The molecule has 0 aromatic carbocycles. The second-order valence-corrected chi connectivity index (χ2v) is 12.7. The zero-order chi connectivity index (χ0) is 24.5. The number of carbonyl (C=O) groups excluding carboxylic acids is 1. The smallest absolute Gasteiger partial charge is 0.225 e. The molecule has 0 spiro atoms. The van der Waals surface area contributed by atoms with E-state index in [-0.39, 0.29) is 17.9 Å². The van der Waals surface area contributed by atoms with E-state index in [1.54, 1.807) is 25.3 Å². The molecule has 5 rings (SSSR count). The van der Waals surface area contributed by atoms with Gasteiger partial charge in [0.25, 0.3) is 0 Å².